The summed E-state index contributed by atoms with van der Waals surface area (Å²) < 4.78 is 37.3. The van der Waals surface area contributed by atoms with Crippen LogP contribution < -0.4 is 5.32 Å². The Kier molecular flexibility index (Phi) is 4.94. The summed E-state index contributed by atoms with van der Waals surface area (Å²) in [4.78, 5) is 12.5. The van der Waals surface area contributed by atoms with Crippen LogP contribution in [0, 0.1) is 13.8 Å². The van der Waals surface area contributed by atoms with Crippen LogP contribution >= 0.6 is 0 Å². The molecule has 0 spiro atoms. The Morgan fingerprint density at radius 3 is 2.48 bits per heavy atom. The lowest BCUT2D eigenvalue weighted by Crippen LogP contribution is -2.40. The summed E-state index contributed by atoms with van der Waals surface area (Å²) in [6, 6.07) is 6.41. The van der Waals surface area contributed by atoms with Crippen molar-refractivity contribution < 1.29 is 22.4 Å². The molecule has 0 unspecified atom stereocenters. The fourth-order valence-electron chi connectivity index (χ4n) is 2.62. The van der Waals surface area contributed by atoms with Gasteiger partial charge in [0, 0.05) is 24.3 Å². The van der Waals surface area contributed by atoms with Crippen LogP contribution in [-0.2, 0) is 14.8 Å². The van der Waals surface area contributed by atoms with Gasteiger partial charge in [-0.1, -0.05) is 6.07 Å². The van der Waals surface area contributed by atoms with Crippen molar-refractivity contribution in [1.82, 2.24) is 4.31 Å². The quantitative estimate of drug-likeness (QED) is 0.898. The highest BCUT2D eigenvalue weighted by Gasteiger charge is 2.27. The van der Waals surface area contributed by atoms with E-state index in [4.69, 9.17) is 9.15 Å². The molecule has 0 aliphatic carbocycles. The number of amides is 1. The molecule has 3 rings (SSSR count). The second-order valence-corrected chi connectivity index (χ2v) is 7.82. The molecule has 0 saturated carbocycles. The van der Waals surface area contributed by atoms with Gasteiger partial charge >= 0.3 is 0 Å². The smallest absolute Gasteiger partial charge is 0.291 e. The normalized spacial score (nSPS) is 15.9. The number of aryl methyl sites for hydroxylation is 2. The summed E-state index contributed by atoms with van der Waals surface area (Å²) in [5.41, 5.74) is 1.92. The van der Waals surface area contributed by atoms with Crippen LogP contribution in [0.1, 0.15) is 21.7 Å². The highest BCUT2D eigenvalue weighted by molar-refractivity contribution is 7.89. The number of rotatable bonds is 4. The molecular formula is C17H20N2O5S. The number of nitrogens with one attached hydrogen (secondary N) is 1. The maximum Gasteiger partial charge on any atom is 0.291 e. The third-order valence-corrected chi connectivity index (χ3v) is 6.03. The molecule has 0 bridgehead atoms. The summed E-state index contributed by atoms with van der Waals surface area (Å²) in [5.74, 6) is -0.202. The molecule has 25 heavy (non-hydrogen) atoms. The van der Waals surface area contributed by atoms with Gasteiger partial charge in [0.05, 0.1) is 24.4 Å². The minimum atomic E-state index is -3.62. The highest BCUT2D eigenvalue weighted by Crippen LogP contribution is 2.24. The Morgan fingerprint density at radius 1 is 1.12 bits per heavy atom. The van der Waals surface area contributed by atoms with Gasteiger partial charge in [0.15, 0.2) is 5.76 Å². The van der Waals surface area contributed by atoms with Crippen molar-refractivity contribution in [3.05, 3.63) is 47.4 Å². The summed E-state index contributed by atoms with van der Waals surface area (Å²) in [5, 5.41) is 2.73. The first-order valence-electron chi connectivity index (χ1n) is 7.93. The number of nitrogens with zero attached hydrogens (tertiary/aromatic N) is 1. The highest BCUT2D eigenvalue weighted by atomic mass is 32.2. The van der Waals surface area contributed by atoms with E-state index in [1.165, 1.54) is 16.6 Å². The number of ether oxygens (including phenoxy) is 1. The molecule has 2 aromatic rings. The summed E-state index contributed by atoms with van der Waals surface area (Å²) in [6.45, 7) is 4.98. The third-order valence-electron chi connectivity index (χ3n) is 4.13. The zero-order valence-corrected chi connectivity index (χ0v) is 14.9. The monoisotopic (exact) mass is 364 g/mol. The second kappa shape index (κ2) is 6.99. The number of sulfonamides is 1. The molecule has 1 aromatic carbocycles. The number of furan rings is 1. The summed E-state index contributed by atoms with van der Waals surface area (Å²) in [7, 11) is -3.62. The van der Waals surface area contributed by atoms with Crippen LogP contribution in [0.3, 0.4) is 0 Å². The Labute approximate surface area is 146 Å². The molecule has 1 aromatic heterocycles. The van der Waals surface area contributed by atoms with E-state index in [1.807, 2.05) is 0 Å². The number of anilines is 1. The predicted octanol–water partition coefficient (Wildman–Crippen LogP) is 2.17. The topological polar surface area (TPSA) is 88.9 Å². The minimum Gasteiger partial charge on any atom is -0.459 e. The first-order valence-corrected chi connectivity index (χ1v) is 9.37. The van der Waals surface area contributed by atoms with Crippen LogP contribution in [0.2, 0.25) is 0 Å². The fraction of sp³-hybridized carbons (Fsp3) is 0.353. The average Bonchev–Trinajstić information content (AvgIpc) is 3.03. The molecule has 1 N–H and O–H groups in total. The molecule has 1 saturated heterocycles. The number of carbonyl (C=O) groups is 1. The van der Waals surface area contributed by atoms with E-state index < -0.39 is 15.9 Å². The van der Waals surface area contributed by atoms with Crippen LogP contribution in [0.25, 0.3) is 0 Å². The van der Waals surface area contributed by atoms with Gasteiger partial charge in [-0.3, -0.25) is 4.79 Å². The molecule has 1 fully saturated rings. The van der Waals surface area contributed by atoms with Gasteiger partial charge in [0.25, 0.3) is 5.91 Å². The summed E-state index contributed by atoms with van der Waals surface area (Å²) >= 11 is 0. The molecule has 134 valence electrons. The van der Waals surface area contributed by atoms with Crippen molar-refractivity contribution in [1.29, 1.82) is 0 Å². The van der Waals surface area contributed by atoms with Gasteiger partial charge < -0.3 is 14.5 Å². The number of benzene rings is 1. The first kappa shape index (κ1) is 17.7. The number of carbonyl (C=O) groups excluding carboxylic acids is 1. The van der Waals surface area contributed by atoms with Crippen LogP contribution in [0.5, 0.6) is 0 Å². The van der Waals surface area contributed by atoms with Crippen molar-refractivity contribution in [3.63, 3.8) is 0 Å². The van der Waals surface area contributed by atoms with Crippen molar-refractivity contribution in [3.8, 4) is 0 Å². The van der Waals surface area contributed by atoms with Gasteiger partial charge in [-0.15, -0.1) is 0 Å². The van der Waals surface area contributed by atoms with E-state index in [-0.39, 0.29) is 10.7 Å². The predicted molar refractivity (Wildman–Crippen MR) is 92.2 cm³/mol. The van der Waals surface area contributed by atoms with E-state index in [0.29, 0.717) is 37.6 Å². The van der Waals surface area contributed by atoms with Crippen molar-refractivity contribution >= 4 is 21.6 Å². The lowest BCUT2D eigenvalue weighted by atomic mass is 10.2. The van der Waals surface area contributed by atoms with Gasteiger partial charge in [-0.05, 0) is 37.6 Å². The standard InChI is InChI=1S/C17H20N2O5S/c1-12-3-4-14(25(21,22)19-6-9-23-10-7-19)11-15(12)18-17(20)16-13(2)5-8-24-16/h3-5,8,11H,6-7,9-10H2,1-2H3,(H,18,20). The SMILES string of the molecule is Cc1ccc(S(=O)(=O)N2CCOCC2)cc1NC(=O)c1occc1C. The van der Waals surface area contributed by atoms with Crippen LogP contribution in [-0.4, -0.2) is 44.9 Å². The van der Waals surface area contributed by atoms with E-state index in [2.05, 4.69) is 5.32 Å². The Morgan fingerprint density at radius 2 is 1.84 bits per heavy atom. The van der Waals surface area contributed by atoms with Crippen molar-refractivity contribution in [2.24, 2.45) is 0 Å². The third kappa shape index (κ3) is 3.60. The van der Waals surface area contributed by atoms with E-state index >= 15 is 0 Å². The molecule has 0 atom stereocenters. The molecule has 1 amide bonds. The first-order chi connectivity index (χ1) is 11.9. The number of hydrogen-bond acceptors (Lipinski definition) is 5. The largest absolute Gasteiger partial charge is 0.459 e. The van der Waals surface area contributed by atoms with Crippen molar-refractivity contribution in [2.45, 2.75) is 18.7 Å². The van der Waals surface area contributed by atoms with Crippen LogP contribution in [0.15, 0.2) is 39.8 Å². The molecule has 7 nitrogen and oxygen atoms in total. The Balaban J connectivity index is 1.88. The molecular weight excluding hydrogens is 344 g/mol. The molecule has 0 radical (unpaired) electrons. The molecule has 2 heterocycles. The Hall–Kier alpha value is -2.16. The van der Waals surface area contributed by atoms with Gasteiger partial charge in [-0.25, -0.2) is 8.42 Å². The molecule has 8 heteroatoms. The zero-order valence-electron chi connectivity index (χ0n) is 14.1. The van der Waals surface area contributed by atoms with E-state index in [1.54, 1.807) is 32.0 Å². The lowest BCUT2D eigenvalue weighted by Gasteiger charge is -2.26. The number of morpholine rings is 1. The minimum absolute atomic E-state index is 0.145. The van der Waals surface area contributed by atoms with Crippen LogP contribution in [0.4, 0.5) is 5.69 Å². The second-order valence-electron chi connectivity index (χ2n) is 5.88. The van der Waals surface area contributed by atoms with Gasteiger partial charge in [0.2, 0.25) is 10.0 Å². The molecule has 1 aliphatic rings. The number of hydrogen-bond donors (Lipinski definition) is 1. The van der Waals surface area contributed by atoms with Gasteiger partial charge in [0.1, 0.15) is 0 Å². The van der Waals surface area contributed by atoms with Crippen molar-refractivity contribution in [2.75, 3.05) is 31.6 Å². The maximum absolute atomic E-state index is 12.8. The van der Waals surface area contributed by atoms with E-state index in [0.717, 1.165) is 5.56 Å². The van der Waals surface area contributed by atoms with Gasteiger partial charge in [-0.2, -0.15) is 4.31 Å². The maximum atomic E-state index is 12.8. The average molecular weight is 364 g/mol. The van der Waals surface area contributed by atoms with E-state index in [9.17, 15) is 13.2 Å². The fourth-order valence-corrected chi connectivity index (χ4v) is 4.05. The Bertz CT molecular complexity index is 882. The lowest BCUT2D eigenvalue weighted by molar-refractivity contribution is 0.0730. The summed E-state index contributed by atoms with van der Waals surface area (Å²) in [6.07, 6.45) is 1.44. The zero-order chi connectivity index (χ0) is 18.0. The molecule has 1 aliphatic heterocycles.